The van der Waals surface area contributed by atoms with Crippen LogP contribution in [0.15, 0.2) is 24.3 Å². The number of carbonyl (C=O) groups is 1. The van der Waals surface area contributed by atoms with E-state index in [-0.39, 0.29) is 18.1 Å². The van der Waals surface area contributed by atoms with Crippen molar-refractivity contribution in [3.63, 3.8) is 0 Å². The van der Waals surface area contributed by atoms with Crippen molar-refractivity contribution in [2.75, 3.05) is 31.8 Å². The normalized spacial score (nSPS) is 18.7. The molecule has 122 valence electrons. The first-order valence-electron chi connectivity index (χ1n) is 7.59. The van der Waals surface area contributed by atoms with Crippen LogP contribution in [0.4, 0.5) is 4.79 Å². The van der Waals surface area contributed by atoms with E-state index < -0.39 is 0 Å². The maximum absolute atomic E-state index is 12.1. The smallest absolute Gasteiger partial charge is 0.315 e. The van der Waals surface area contributed by atoms with Gasteiger partial charge in [-0.2, -0.15) is 11.8 Å². The lowest BCUT2D eigenvalue weighted by atomic mass is 10.1. The van der Waals surface area contributed by atoms with Crippen molar-refractivity contribution in [1.29, 1.82) is 0 Å². The molecule has 6 heteroatoms. The van der Waals surface area contributed by atoms with E-state index in [1.165, 1.54) is 0 Å². The third-order valence-corrected chi connectivity index (χ3v) is 4.66. The summed E-state index contributed by atoms with van der Waals surface area (Å²) in [6, 6.07) is 7.70. The van der Waals surface area contributed by atoms with Crippen LogP contribution in [0.1, 0.15) is 24.9 Å². The highest BCUT2D eigenvalue weighted by atomic mass is 32.2. The Morgan fingerprint density at radius 2 is 2.18 bits per heavy atom. The van der Waals surface area contributed by atoms with Crippen molar-refractivity contribution in [2.45, 2.75) is 25.4 Å². The summed E-state index contributed by atoms with van der Waals surface area (Å²) < 4.78 is 10.7. The van der Waals surface area contributed by atoms with E-state index in [0.717, 1.165) is 29.2 Å². The molecule has 1 aromatic rings. The summed E-state index contributed by atoms with van der Waals surface area (Å²) in [5.74, 6) is 2.94. The molecule has 0 bridgehead atoms. The number of benzene rings is 1. The Bertz CT molecular complexity index is 461. The molecule has 2 rings (SSSR count). The number of urea groups is 1. The second kappa shape index (κ2) is 8.90. The van der Waals surface area contributed by atoms with Gasteiger partial charge in [0.25, 0.3) is 0 Å². The summed E-state index contributed by atoms with van der Waals surface area (Å²) in [6.45, 7) is 3.02. The Kier molecular flexibility index (Phi) is 6.86. The van der Waals surface area contributed by atoms with Crippen molar-refractivity contribution < 1.29 is 14.3 Å². The molecule has 0 aromatic heterocycles. The molecule has 2 atom stereocenters. The van der Waals surface area contributed by atoms with E-state index in [1.54, 1.807) is 7.11 Å². The van der Waals surface area contributed by atoms with Gasteiger partial charge in [-0.1, -0.05) is 12.1 Å². The van der Waals surface area contributed by atoms with Crippen LogP contribution < -0.4 is 15.4 Å². The van der Waals surface area contributed by atoms with Crippen molar-refractivity contribution in [1.82, 2.24) is 10.6 Å². The van der Waals surface area contributed by atoms with Crippen LogP contribution >= 0.6 is 11.8 Å². The van der Waals surface area contributed by atoms with Crippen LogP contribution in [0, 0.1) is 0 Å². The summed E-state index contributed by atoms with van der Waals surface area (Å²) in [5, 5.41) is 6.01. The average molecular weight is 324 g/mol. The third kappa shape index (κ3) is 5.10. The summed E-state index contributed by atoms with van der Waals surface area (Å²) in [4.78, 5) is 12.1. The SMILES string of the molecule is CCOc1ccc([C@@H](COC)NC(=O)N[C@@H]2CCSC2)cc1. The van der Waals surface area contributed by atoms with Crippen molar-refractivity contribution in [3.05, 3.63) is 29.8 Å². The standard InChI is InChI=1S/C16H24N2O3S/c1-3-21-14-6-4-12(5-7-14)15(10-20-2)18-16(19)17-13-8-9-22-11-13/h4-7,13,15H,3,8-11H2,1-2H3,(H2,17,18,19)/t13-,15-/m1/s1. The summed E-state index contributed by atoms with van der Waals surface area (Å²) in [5.41, 5.74) is 1.00. The zero-order chi connectivity index (χ0) is 15.8. The van der Waals surface area contributed by atoms with Gasteiger partial charge in [0.15, 0.2) is 0 Å². The molecule has 0 saturated carbocycles. The first-order valence-corrected chi connectivity index (χ1v) is 8.75. The Morgan fingerprint density at radius 1 is 1.41 bits per heavy atom. The van der Waals surface area contributed by atoms with E-state index in [0.29, 0.717) is 13.2 Å². The Labute approximate surface area is 136 Å². The zero-order valence-corrected chi connectivity index (χ0v) is 13.9. The van der Waals surface area contributed by atoms with E-state index >= 15 is 0 Å². The fourth-order valence-electron chi connectivity index (χ4n) is 2.38. The minimum absolute atomic E-state index is 0.136. The molecule has 0 aliphatic carbocycles. The fourth-order valence-corrected chi connectivity index (χ4v) is 3.54. The van der Waals surface area contributed by atoms with Gasteiger partial charge in [0.2, 0.25) is 0 Å². The molecule has 1 heterocycles. The largest absolute Gasteiger partial charge is 0.494 e. The molecule has 2 N–H and O–H groups in total. The van der Waals surface area contributed by atoms with Crippen LogP contribution in [0.3, 0.4) is 0 Å². The zero-order valence-electron chi connectivity index (χ0n) is 13.1. The predicted molar refractivity (Wildman–Crippen MR) is 89.6 cm³/mol. The maximum Gasteiger partial charge on any atom is 0.315 e. The summed E-state index contributed by atoms with van der Waals surface area (Å²) >= 11 is 1.87. The van der Waals surface area contributed by atoms with E-state index in [4.69, 9.17) is 9.47 Å². The first kappa shape index (κ1) is 17.0. The molecular formula is C16H24N2O3S. The quantitative estimate of drug-likeness (QED) is 0.809. The summed E-state index contributed by atoms with van der Waals surface area (Å²) in [6.07, 6.45) is 1.04. The number of nitrogens with one attached hydrogen (secondary N) is 2. The monoisotopic (exact) mass is 324 g/mol. The molecule has 5 nitrogen and oxygen atoms in total. The number of hydrogen-bond acceptors (Lipinski definition) is 4. The third-order valence-electron chi connectivity index (χ3n) is 3.50. The number of thioether (sulfide) groups is 1. The highest BCUT2D eigenvalue weighted by molar-refractivity contribution is 7.99. The molecule has 22 heavy (non-hydrogen) atoms. The topological polar surface area (TPSA) is 59.6 Å². The van der Waals surface area contributed by atoms with Gasteiger partial charge in [-0.15, -0.1) is 0 Å². The van der Waals surface area contributed by atoms with Crippen LogP contribution in [0.2, 0.25) is 0 Å². The lowest BCUT2D eigenvalue weighted by Crippen LogP contribution is -2.44. The van der Waals surface area contributed by atoms with Gasteiger partial charge in [-0.05, 0) is 36.8 Å². The molecule has 2 amide bonds. The Balaban J connectivity index is 1.94. The van der Waals surface area contributed by atoms with Crippen molar-refractivity contribution >= 4 is 17.8 Å². The van der Waals surface area contributed by atoms with Crippen LogP contribution in [-0.4, -0.2) is 43.9 Å². The molecule has 1 aliphatic heterocycles. The number of carbonyl (C=O) groups excluding carboxylic acids is 1. The summed E-state index contributed by atoms with van der Waals surface area (Å²) in [7, 11) is 1.63. The highest BCUT2D eigenvalue weighted by Gasteiger charge is 2.20. The lowest BCUT2D eigenvalue weighted by Gasteiger charge is -2.20. The van der Waals surface area contributed by atoms with Crippen LogP contribution in [-0.2, 0) is 4.74 Å². The van der Waals surface area contributed by atoms with Gasteiger partial charge in [-0.3, -0.25) is 0 Å². The van der Waals surface area contributed by atoms with Gasteiger partial charge < -0.3 is 20.1 Å². The molecule has 1 aliphatic rings. The molecule has 1 saturated heterocycles. The molecule has 1 fully saturated rings. The number of hydrogen-bond donors (Lipinski definition) is 2. The van der Waals surface area contributed by atoms with Gasteiger partial charge in [0, 0.05) is 18.9 Å². The lowest BCUT2D eigenvalue weighted by molar-refractivity contribution is 0.165. The Hall–Kier alpha value is -1.40. The number of rotatable bonds is 7. The van der Waals surface area contributed by atoms with E-state index in [2.05, 4.69) is 10.6 Å². The Morgan fingerprint density at radius 3 is 2.77 bits per heavy atom. The fraction of sp³-hybridized carbons (Fsp3) is 0.562. The predicted octanol–water partition coefficient (Wildman–Crippen LogP) is 2.58. The molecule has 1 aromatic carbocycles. The van der Waals surface area contributed by atoms with Crippen LogP contribution in [0.25, 0.3) is 0 Å². The molecule has 0 unspecified atom stereocenters. The van der Waals surface area contributed by atoms with Gasteiger partial charge >= 0.3 is 6.03 Å². The van der Waals surface area contributed by atoms with Crippen LogP contribution in [0.5, 0.6) is 5.75 Å². The number of amides is 2. The second-order valence-corrected chi connectivity index (χ2v) is 6.34. The number of ether oxygens (including phenoxy) is 2. The van der Waals surface area contributed by atoms with Gasteiger partial charge in [0.05, 0.1) is 19.3 Å². The number of methoxy groups -OCH3 is 1. The van der Waals surface area contributed by atoms with Gasteiger partial charge in [-0.25, -0.2) is 4.79 Å². The molecular weight excluding hydrogens is 300 g/mol. The van der Waals surface area contributed by atoms with Crippen molar-refractivity contribution in [3.8, 4) is 5.75 Å². The van der Waals surface area contributed by atoms with E-state index in [9.17, 15) is 4.79 Å². The molecule has 0 radical (unpaired) electrons. The minimum Gasteiger partial charge on any atom is -0.494 e. The average Bonchev–Trinajstić information content (AvgIpc) is 3.01. The molecule has 0 spiro atoms. The van der Waals surface area contributed by atoms with E-state index in [1.807, 2.05) is 43.0 Å². The highest BCUT2D eigenvalue weighted by Crippen LogP contribution is 2.19. The second-order valence-electron chi connectivity index (χ2n) is 5.19. The minimum atomic E-state index is -0.172. The van der Waals surface area contributed by atoms with Gasteiger partial charge in [0.1, 0.15) is 5.75 Å². The first-order chi connectivity index (χ1) is 10.7. The van der Waals surface area contributed by atoms with Crippen molar-refractivity contribution in [2.24, 2.45) is 0 Å². The maximum atomic E-state index is 12.1.